The fraction of sp³-hybridized carbons (Fsp3) is 0.167. The third kappa shape index (κ3) is 2.62. The highest BCUT2D eigenvalue weighted by atomic mass is 32.1. The van der Waals surface area contributed by atoms with Crippen LogP contribution in [0.5, 0.6) is 5.75 Å². The molecule has 4 nitrogen and oxygen atoms in total. The van der Waals surface area contributed by atoms with Crippen LogP contribution in [0.25, 0.3) is 0 Å². The Morgan fingerprint density at radius 3 is 2.71 bits per heavy atom. The zero-order valence-electron chi connectivity index (χ0n) is 9.52. The van der Waals surface area contributed by atoms with Crippen LogP contribution >= 0.6 is 11.5 Å². The van der Waals surface area contributed by atoms with Gasteiger partial charge in [0.05, 0.1) is 0 Å². The molecule has 2 N–H and O–H groups in total. The minimum atomic E-state index is -0.233. The van der Waals surface area contributed by atoms with Crippen molar-refractivity contribution < 1.29 is 9.90 Å². The van der Waals surface area contributed by atoms with E-state index in [4.69, 9.17) is 0 Å². The number of carbonyl (C=O) groups is 1. The summed E-state index contributed by atoms with van der Waals surface area (Å²) in [6, 6.07) is 6.55. The van der Waals surface area contributed by atoms with Crippen LogP contribution in [0.4, 0.5) is 5.69 Å². The van der Waals surface area contributed by atoms with Crippen molar-refractivity contribution in [1.29, 1.82) is 0 Å². The zero-order chi connectivity index (χ0) is 12.4. The predicted molar refractivity (Wildman–Crippen MR) is 67.6 cm³/mol. The van der Waals surface area contributed by atoms with Crippen LogP contribution in [0.15, 0.2) is 24.3 Å². The number of hydrogen-bond acceptors (Lipinski definition) is 4. The molecule has 1 aromatic carbocycles. The van der Waals surface area contributed by atoms with Gasteiger partial charge in [-0.1, -0.05) is 0 Å². The summed E-state index contributed by atoms with van der Waals surface area (Å²) in [6.45, 7) is 3.72. The average Bonchev–Trinajstić information content (AvgIpc) is 2.69. The SMILES string of the molecule is Cc1cc(C(=O)Nc2ccc(O)cc2C)ns1. The minimum absolute atomic E-state index is 0.185. The molecule has 0 fully saturated rings. The number of aromatic hydroxyl groups is 1. The third-order valence-electron chi connectivity index (χ3n) is 2.32. The van der Waals surface area contributed by atoms with Crippen LogP contribution in [0.3, 0.4) is 0 Å². The number of nitrogens with zero attached hydrogens (tertiary/aromatic N) is 1. The van der Waals surface area contributed by atoms with E-state index in [1.807, 2.05) is 13.8 Å². The molecule has 1 aromatic heterocycles. The summed E-state index contributed by atoms with van der Waals surface area (Å²) in [5, 5.41) is 12.0. The van der Waals surface area contributed by atoms with Gasteiger partial charge in [0.1, 0.15) is 11.4 Å². The lowest BCUT2D eigenvalue weighted by atomic mass is 10.2. The first-order chi connectivity index (χ1) is 8.06. The number of hydrogen-bond donors (Lipinski definition) is 2. The van der Waals surface area contributed by atoms with Gasteiger partial charge in [-0.25, -0.2) is 0 Å². The normalized spacial score (nSPS) is 10.2. The van der Waals surface area contributed by atoms with E-state index in [9.17, 15) is 9.90 Å². The van der Waals surface area contributed by atoms with E-state index < -0.39 is 0 Å². The largest absolute Gasteiger partial charge is 0.508 e. The lowest BCUT2D eigenvalue weighted by molar-refractivity contribution is 0.102. The first kappa shape index (κ1) is 11.6. The topological polar surface area (TPSA) is 62.2 Å². The van der Waals surface area contributed by atoms with E-state index in [-0.39, 0.29) is 11.7 Å². The number of nitrogens with one attached hydrogen (secondary N) is 1. The molecule has 2 aromatic rings. The van der Waals surface area contributed by atoms with Crippen molar-refractivity contribution in [2.75, 3.05) is 5.32 Å². The Morgan fingerprint density at radius 1 is 1.35 bits per heavy atom. The third-order valence-corrected chi connectivity index (χ3v) is 3.01. The standard InChI is InChI=1S/C12H12N2O2S/c1-7-5-9(15)3-4-10(7)13-12(16)11-6-8(2)17-14-11/h3-6,15H,1-2H3,(H,13,16). The Morgan fingerprint density at radius 2 is 2.12 bits per heavy atom. The quantitative estimate of drug-likeness (QED) is 0.803. The van der Waals surface area contributed by atoms with Crippen molar-refractivity contribution in [3.05, 3.63) is 40.4 Å². The molecule has 0 bridgehead atoms. The molecule has 1 heterocycles. The summed E-state index contributed by atoms with van der Waals surface area (Å²) >= 11 is 1.30. The van der Waals surface area contributed by atoms with E-state index in [0.29, 0.717) is 11.4 Å². The Bertz CT molecular complexity index is 563. The Labute approximate surface area is 103 Å². The Hall–Kier alpha value is -1.88. The molecule has 0 aliphatic heterocycles. The van der Waals surface area contributed by atoms with Gasteiger partial charge in [-0.05, 0) is 55.2 Å². The fourth-order valence-electron chi connectivity index (χ4n) is 1.45. The van der Waals surface area contributed by atoms with E-state index in [1.54, 1.807) is 18.2 Å². The number of benzene rings is 1. The number of amides is 1. The second-order valence-electron chi connectivity index (χ2n) is 3.78. The fourth-order valence-corrected chi connectivity index (χ4v) is 1.99. The maximum absolute atomic E-state index is 11.8. The number of anilines is 1. The van der Waals surface area contributed by atoms with Crippen molar-refractivity contribution in [2.45, 2.75) is 13.8 Å². The summed E-state index contributed by atoms with van der Waals surface area (Å²) in [6.07, 6.45) is 0. The highest BCUT2D eigenvalue weighted by Crippen LogP contribution is 2.21. The number of phenols is 1. The van der Waals surface area contributed by atoms with Crippen LogP contribution in [-0.4, -0.2) is 15.4 Å². The average molecular weight is 248 g/mol. The van der Waals surface area contributed by atoms with Gasteiger partial charge in [0.15, 0.2) is 0 Å². The van der Waals surface area contributed by atoms with Gasteiger partial charge in [0, 0.05) is 10.6 Å². The second kappa shape index (κ2) is 4.55. The molecular formula is C12H12N2O2S. The maximum Gasteiger partial charge on any atom is 0.275 e. The van der Waals surface area contributed by atoms with Crippen LogP contribution in [0, 0.1) is 13.8 Å². The highest BCUT2D eigenvalue weighted by Gasteiger charge is 2.10. The Balaban J connectivity index is 2.18. The van der Waals surface area contributed by atoms with Crippen molar-refractivity contribution >= 4 is 23.1 Å². The number of carbonyl (C=O) groups excluding carboxylic acids is 1. The zero-order valence-corrected chi connectivity index (χ0v) is 10.3. The molecule has 0 aliphatic carbocycles. The van der Waals surface area contributed by atoms with E-state index in [0.717, 1.165) is 10.4 Å². The smallest absolute Gasteiger partial charge is 0.275 e. The first-order valence-electron chi connectivity index (χ1n) is 5.10. The minimum Gasteiger partial charge on any atom is -0.508 e. The molecule has 1 amide bonds. The summed E-state index contributed by atoms with van der Waals surface area (Å²) in [4.78, 5) is 12.8. The summed E-state index contributed by atoms with van der Waals surface area (Å²) in [5.74, 6) is -0.0480. The summed E-state index contributed by atoms with van der Waals surface area (Å²) < 4.78 is 4.04. The predicted octanol–water partition coefficient (Wildman–Crippen LogP) is 2.72. The number of aromatic nitrogens is 1. The van der Waals surface area contributed by atoms with Gasteiger partial charge in [-0.15, -0.1) is 0 Å². The van der Waals surface area contributed by atoms with Gasteiger partial charge in [0.25, 0.3) is 5.91 Å². The van der Waals surface area contributed by atoms with Crippen molar-refractivity contribution in [1.82, 2.24) is 4.37 Å². The maximum atomic E-state index is 11.8. The van der Waals surface area contributed by atoms with Gasteiger partial charge < -0.3 is 10.4 Å². The molecule has 88 valence electrons. The van der Waals surface area contributed by atoms with Crippen molar-refractivity contribution in [3.8, 4) is 5.75 Å². The molecule has 5 heteroatoms. The lowest BCUT2D eigenvalue weighted by Gasteiger charge is -2.07. The molecule has 0 radical (unpaired) electrons. The highest BCUT2D eigenvalue weighted by molar-refractivity contribution is 7.05. The van der Waals surface area contributed by atoms with Crippen LogP contribution in [-0.2, 0) is 0 Å². The van der Waals surface area contributed by atoms with Crippen LogP contribution < -0.4 is 5.32 Å². The number of phenolic OH excluding ortho intramolecular Hbond substituents is 1. The van der Waals surface area contributed by atoms with Crippen LogP contribution in [0.1, 0.15) is 20.9 Å². The van der Waals surface area contributed by atoms with E-state index in [2.05, 4.69) is 9.69 Å². The molecule has 0 saturated carbocycles. The van der Waals surface area contributed by atoms with Gasteiger partial charge in [-0.3, -0.25) is 4.79 Å². The molecule has 0 atom stereocenters. The molecular weight excluding hydrogens is 236 g/mol. The molecule has 0 aliphatic rings. The molecule has 0 spiro atoms. The Kier molecular flexibility index (Phi) is 3.10. The van der Waals surface area contributed by atoms with Crippen molar-refractivity contribution in [3.63, 3.8) is 0 Å². The first-order valence-corrected chi connectivity index (χ1v) is 5.88. The number of rotatable bonds is 2. The summed E-state index contributed by atoms with van der Waals surface area (Å²) in [5.41, 5.74) is 1.91. The van der Waals surface area contributed by atoms with Crippen molar-refractivity contribution in [2.24, 2.45) is 0 Å². The monoisotopic (exact) mass is 248 g/mol. The van der Waals surface area contributed by atoms with E-state index >= 15 is 0 Å². The molecule has 17 heavy (non-hydrogen) atoms. The number of aryl methyl sites for hydroxylation is 2. The second-order valence-corrected chi connectivity index (χ2v) is 4.79. The van der Waals surface area contributed by atoms with Gasteiger partial charge in [0.2, 0.25) is 0 Å². The molecule has 2 rings (SSSR count). The lowest BCUT2D eigenvalue weighted by Crippen LogP contribution is -2.12. The molecule has 0 unspecified atom stereocenters. The van der Waals surface area contributed by atoms with Crippen LogP contribution in [0.2, 0.25) is 0 Å². The van der Waals surface area contributed by atoms with E-state index in [1.165, 1.54) is 17.6 Å². The molecule has 0 saturated heterocycles. The van der Waals surface area contributed by atoms with Gasteiger partial charge >= 0.3 is 0 Å². The summed E-state index contributed by atoms with van der Waals surface area (Å²) in [7, 11) is 0. The van der Waals surface area contributed by atoms with Gasteiger partial charge in [-0.2, -0.15) is 4.37 Å².